The summed E-state index contributed by atoms with van der Waals surface area (Å²) in [4.78, 5) is 4.69. The second-order valence-electron chi connectivity index (χ2n) is 7.35. The highest BCUT2D eigenvalue weighted by Crippen LogP contribution is 2.63. The summed E-state index contributed by atoms with van der Waals surface area (Å²) in [5, 5.41) is 0. The Morgan fingerprint density at radius 2 is 1.84 bits per heavy atom. The summed E-state index contributed by atoms with van der Waals surface area (Å²) in [6.07, 6.45) is 13.7. The van der Waals surface area contributed by atoms with Crippen LogP contribution in [0.25, 0.3) is 11.1 Å². The normalized spacial score (nSPS) is 28.6. The first kappa shape index (κ1) is 16.1. The van der Waals surface area contributed by atoms with E-state index in [4.69, 9.17) is 0 Å². The van der Waals surface area contributed by atoms with Crippen LogP contribution in [0.1, 0.15) is 37.9 Å². The van der Waals surface area contributed by atoms with Gasteiger partial charge in [0, 0.05) is 6.20 Å². The van der Waals surface area contributed by atoms with Gasteiger partial charge in [0.2, 0.25) is 0 Å². The Kier molecular flexibility index (Phi) is 4.17. The maximum Gasteiger partial charge on any atom is 0.0665 e. The topological polar surface area (TPSA) is 12.9 Å². The van der Waals surface area contributed by atoms with E-state index in [-0.39, 0.29) is 0 Å². The maximum absolute atomic E-state index is 4.69. The Morgan fingerprint density at radius 1 is 1.08 bits per heavy atom. The molecule has 2 aliphatic carbocycles. The number of rotatable bonds is 4. The minimum absolute atomic E-state index is 0.302. The van der Waals surface area contributed by atoms with Crippen LogP contribution in [-0.4, -0.2) is 4.98 Å². The van der Waals surface area contributed by atoms with Crippen LogP contribution in [0.4, 0.5) is 0 Å². The van der Waals surface area contributed by atoms with Gasteiger partial charge >= 0.3 is 0 Å². The number of nitrogens with zero attached hydrogens (tertiary/aromatic N) is 1. The first-order valence-corrected chi connectivity index (χ1v) is 9.27. The van der Waals surface area contributed by atoms with E-state index in [0.29, 0.717) is 11.3 Å². The number of allylic oxidation sites excluding steroid dienone is 6. The number of pyridine rings is 1. The molecule has 0 amide bonds. The van der Waals surface area contributed by atoms with E-state index < -0.39 is 0 Å². The van der Waals surface area contributed by atoms with E-state index >= 15 is 0 Å². The van der Waals surface area contributed by atoms with Gasteiger partial charge in [0.25, 0.3) is 0 Å². The summed E-state index contributed by atoms with van der Waals surface area (Å²) in [5.74, 6) is 1.26. The zero-order valence-corrected chi connectivity index (χ0v) is 15.0. The Morgan fingerprint density at radius 3 is 2.48 bits per heavy atom. The van der Waals surface area contributed by atoms with Crippen molar-refractivity contribution in [2.24, 2.45) is 17.3 Å². The van der Waals surface area contributed by atoms with Crippen LogP contribution >= 0.6 is 0 Å². The lowest BCUT2D eigenvalue weighted by Gasteiger charge is -2.30. The number of aromatic nitrogens is 1. The molecule has 1 aromatic carbocycles. The summed E-state index contributed by atoms with van der Waals surface area (Å²) in [7, 11) is 0. The van der Waals surface area contributed by atoms with Crippen molar-refractivity contribution in [1.29, 1.82) is 0 Å². The standard InChI is InChI=1S/C24H25N/c1-3-14-24(17-18(24)2)22-13-12-20(19-9-5-4-6-10-19)16-21(22)23-11-7-8-15-25-23/h3-12,14-16,18,22H,13,17H2,1-2H3. The third-order valence-corrected chi connectivity index (χ3v) is 5.87. The zero-order chi connectivity index (χ0) is 17.3. The lowest BCUT2D eigenvalue weighted by Crippen LogP contribution is -2.20. The lowest BCUT2D eigenvalue weighted by atomic mass is 9.73. The Labute approximate surface area is 150 Å². The largest absolute Gasteiger partial charge is 0.257 e. The molecule has 1 saturated carbocycles. The van der Waals surface area contributed by atoms with Crippen LogP contribution in [0.2, 0.25) is 0 Å². The molecule has 0 N–H and O–H groups in total. The molecule has 1 nitrogen and oxygen atoms in total. The second kappa shape index (κ2) is 6.48. The molecule has 25 heavy (non-hydrogen) atoms. The molecule has 3 atom stereocenters. The van der Waals surface area contributed by atoms with E-state index in [1.54, 1.807) is 0 Å². The molecule has 2 aliphatic rings. The Balaban J connectivity index is 1.78. The van der Waals surface area contributed by atoms with Gasteiger partial charge in [-0.25, -0.2) is 0 Å². The van der Waals surface area contributed by atoms with Gasteiger partial charge in [0.1, 0.15) is 0 Å². The summed E-state index contributed by atoms with van der Waals surface area (Å²) in [5.41, 5.74) is 5.43. The van der Waals surface area contributed by atoms with Gasteiger partial charge in [-0.05, 0) is 71.9 Å². The van der Waals surface area contributed by atoms with Crippen molar-refractivity contribution < 1.29 is 0 Å². The predicted octanol–water partition coefficient (Wildman–Crippen LogP) is 6.17. The van der Waals surface area contributed by atoms with Crippen LogP contribution < -0.4 is 0 Å². The fourth-order valence-corrected chi connectivity index (χ4v) is 4.44. The van der Waals surface area contributed by atoms with Crippen molar-refractivity contribution in [3.8, 4) is 0 Å². The van der Waals surface area contributed by atoms with Crippen LogP contribution in [0.5, 0.6) is 0 Å². The third kappa shape index (κ3) is 2.89. The molecule has 0 aliphatic heterocycles. The smallest absolute Gasteiger partial charge is 0.0665 e. The van der Waals surface area contributed by atoms with E-state index in [2.05, 4.69) is 85.6 Å². The highest BCUT2D eigenvalue weighted by atomic mass is 14.7. The molecule has 1 fully saturated rings. The zero-order valence-electron chi connectivity index (χ0n) is 15.0. The molecule has 2 aromatic rings. The molecule has 1 aromatic heterocycles. The quantitative estimate of drug-likeness (QED) is 0.612. The minimum atomic E-state index is 0.302. The highest BCUT2D eigenvalue weighted by Gasteiger charge is 2.55. The van der Waals surface area contributed by atoms with Gasteiger partial charge in [-0.3, -0.25) is 4.98 Å². The average molecular weight is 327 g/mol. The van der Waals surface area contributed by atoms with E-state index in [1.165, 1.54) is 23.1 Å². The Bertz CT molecular complexity index is 829. The van der Waals surface area contributed by atoms with Crippen LogP contribution in [0.15, 0.2) is 79.0 Å². The van der Waals surface area contributed by atoms with Crippen molar-refractivity contribution in [3.05, 3.63) is 90.3 Å². The monoisotopic (exact) mass is 327 g/mol. The fraction of sp³-hybridized carbons (Fsp3) is 0.292. The molecule has 0 spiro atoms. The van der Waals surface area contributed by atoms with Gasteiger partial charge in [-0.15, -0.1) is 0 Å². The Hall–Kier alpha value is -2.41. The van der Waals surface area contributed by atoms with Gasteiger partial charge in [-0.1, -0.05) is 61.5 Å². The van der Waals surface area contributed by atoms with Gasteiger partial charge < -0.3 is 0 Å². The van der Waals surface area contributed by atoms with Crippen molar-refractivity contribution >= 4 is 11.1 Å². The molecule has 1 heterocycles. The van der Waals surface area contributed by atoms with Crippen LogP contribution in [0.3, 0.4) is 0 Å². The summed E-state index contributed by atoms with van der Waals surface area (Å²) < 4.78 is 0. The maximum atomic E-state index is 4.69. The summed E-state index contributed by atoms with van der Waals surface area (Å²) >= 11 is 0. The predicted molar refractivity (Wildman–Crippen MR) is 106 cm³/mol. The number of benzene rings is 1. The molecule has 1 heteroatoms. The van der Waals surface area contributed by atoms with Crippen molar-refractivity contribution in [3.63, 3.8) is 0 Å². The molecule has 0 radical (unpaired) electrons. The fourth-order valence-electron chi connectivity index (χ4n) is 4.44. The molecule has 3 unspecified atom stereocenters. The van der Waals surface area contributed by atoms with Gasteiger partial charge in [-0.2, -0.15) is 0 Å². The summed E-state index contributed by atoms with van der Waals surface area (Å²) in [6, 6.07) is 16.9. The molecule has 0 saturated heterocycles. The van der Waals surface area contributed by atoms with E-state index in [9.17, 15) is 0 Å². The van der Waals surface area contributed by atoms with Crippen molar-refractivity contribution in [1.82, 2.24) is 4.98 Å². The van der Waals surface area contributed by atoms with Crippen molar-refractivity contribution in [2.75, 3.05) is 0 Å². The molecule has 126 valence electrons. The van der Waals surface area contributed by atoms with Gasteiger partial charge in [0.05, 0.1) is 5.69 Å². The van der Waals surface area contributed by atoms with Crippen LogP contribution in [-0.2, 0) is 0 Å². The molecule has 0 bridgehead atoms. The third-order valence-electron chi connectivity index (χ3n) is 5.87. The average Bonchev–Trinajstić information content (AvgIpc) is 3.33. The number of hydrogen-bond acceptors (Lipinski definition) is 1. The molecular weight excluding hydrogens is 302 g/mol. The molecule has 4 rings (SSSR count). The first-order valence-electron chi connectivity index (χ1n) is 9.27. The minimum Gasteiger partial charge on any atom is -0.257 e. The van der Waals surface area contributed by atoms with E-state index in [1.807, 2.05) is 12.3 Å². The second-order valence-corrected chi connectivity index (χ2v) is 7.35. The summed E-state index contributed by atoms with van der Waals surface area (Å²) in [6.45, 7) is 4.53. The SMILES string of the molecule is CC=CC1(C2CC=C(c3ccccc3)C=C2c2ccccn2)CC1C. The first-order chi connectivity index (χ1) is 12.2. The lowest BCUT2D eigenvalue weighted by molar-refractivity contribution is 0.438. The highest BCUT2D eigenvalue weighted by molar-refractivity contribution is 5.86. The van der Waals surface area contributed by atoms with E-state index in [0.717, 1.165) is 18.0 Å². The van der Waals surface area contributed by atoms with Crippen molar-refractivity contribution in [2.45, 2.75) is 26.7 Å². The molecular formula is C24H25N. The number of hydrogen-bond donors (Lipinski definition) is 0. The van der Waals surface area contributed by atoms with Gasteiger partial charge in [0.15, 0.2) is 0 Å². The van der Waals surface area contributed by atoms with Crippen LogP contribution in [0, 0.1) is 17.3 Å².